The zero-order valence-electron chi connectivity index (χ0n) is 10.4. The van der Waals surface area contributed by atoms with Crippen LogP contribution in [0.4, 0.5) is 0 Å². The van der Waals surface area contributed by atoms with Crippen LogP contribution in [0.15, 0.2) is 36.9 Å². The van der Waals surface area contributed by atoms with E-state index in [2.05, 4.69) is 25.3 Å². The quantitative estimate of drug-likeness (QED) is 0.381. The first-order valence-electron chi connectivity index (χ1n) is 6.12. The van der Waals surface area contributed by atoms with Crippen molar-refractivity contribution in [3.8, 4) is 11.8 Å². The Morgan fingerprint density at radius 2 is 2.06 bits per heavy atom. The molecule has 1 aromatic rings. The van der Waals surface area contributed by atoms with E-state index in [0.29, 0.717) is 0 Å². The number of benzene rings is 1. The molecule has 0 amide bonds. The van der Waals surface area contributed by atoms with Gasteiger partial charge in [-0.3, -0.25) is 0 Å². The highest BCUT2D eigenvalue weighted by atomic mass is 35.5. The highest BCUT2D eigenvalue weighted by molar-refractivity contribution is 6.30. The molecule has 17 heavy (non-hydrogen) atoms. The summed E-state index contributed by atoms with van der Waals surface area (Å²) in [7, 11) is 0. The second kappa shape index (κ2) is 7.98. The Morgan fingerprint density at radius 3 is 2.65 bits per heavy atom. The van der Waals surface area contributed by atoms with Gasteiger partial charge in [0.05, 0.1) is 0 Å². The van der Waals surface area contributed by atoms with E-state index in [1.54, 1.807) is 0 Å². The normalized spacial score (nSPS) is 11.4. The molecule has 0 nitrogen and oxygen atoms in total. The van der Waals surface area contributed by atoms with Crippen LogP contribution in [-0.2, 0) is 0 Å². The number of hydrogen-bond donors (Lipinski definition) is 0. The lowest BCUT2D eigenvalue weighted by atomic mass is 9.96. The topological polar surface area (TPSA) is 0 Å². The Balaban J connectivity index is 2.73. The second-order valence-electron chi connectivity index (χ2n) is 4.05. The Bertz CT molecular complexity index is 392. The SMILES string of the molecule is C=CCC(C#CCCCC)c1ccc(Cl)cc1. The minimum atomic E-state index is 0.252. The van der Waals surface area contributed by atoms with E-state index in [4.69, 9.17) is 11.6 Å². The van der Waals surface area contributed by atoms with Crippen LogP contribution < -0.4 is 0 Å². The van der Waals surface area contributed by atoms with Crippen molar-refractivity contribution in [1.82, 2.24) is 0 Å². The van der Waals surface area contributed by atoms with Gasteiger partial charge in [-0.25, -0.2) is 0 Å². The lowest BCUT2D eigenvalue weighted by Crippen LogP contribution is -1.94. The molecular weight excluding hydrogens is 228 g/mol. The Kier molecular flexibility index (Phi) is 6.51. The molecule has 1 unspecified atom stereocenters. The zero-order valence-corrected chi connectivity index (χ0v) is 11.1. The third kappa shape index (κ3) is 5.11. The van der Waals surface area contributed by atoms with Crippen molar-refractivity contribution < 1.29 is 0 Å². The van der Waals surface area contributed by atoms with Gasteiger partial charge in [-0.1, -0.05) is 49.1 Å². The largest absolute Gasteiger partial charge is 0.103 e. The fraction of sp³-hybridized carbons (Fsp3) is 0.375. The molecule has 0 saturated heterocycles. The van der Waals surface area contributed by atoms with Crippen molar-refractivity contribution in [3.63, 3.8) is 0 Å². The predicted molar refractivity (Wildman–Crippen MR) is 76.3 cm³/mol. The zero-order chi connectivity index (χ0) is 12.5. The monoisotopic (exact) mass is 246 g/mol. The molecule has 0 bridgehead atoms. The number of rotatable bonds is 5. The molecule has 0 aliphatic heterocycles. The predicted octanol–water partition coefficient (Wildman–Crippen LogP) is 5.19. The third-order valence-corrected chi connectivity index (χ3v) is 2.86. The molecule has 0 saturated carbocycles. The highest BCUT2D eigenvalue weighted by Gasteiger charge is 2.05. The van der Waals surface area contributed by atoms with Crippen LogP contribution in [0, 0.1) is 11.8 Å². The fourth-order valence-corrected chi connectivity index (χ4v) is 1.73. The van der Waals surface area contributed by atoms with Crippen LogP contribution in [0.1, 0.15) is 44.1 Å². The lowest BCUT2D eigenvalue weighted by Gasteiger charge is -2.08. The van der Waals surface area contributed by atoms with Gasteiger partial charge in [-0.15, -0.1) is 12.5 Å². The number of allylic oxidation sites excluding steroid dienone is 1. The molecule has 0 fully saturated rings. The summed E-state index contributed by atoms with van der Waals surface area (Å²) in [6.07, 6.45) is 6.17. The van der Waals surface area contributed by atoms with Gasteiger partial charge in [0.2, 0.25) is 0 Å². The van der Waals surface area contributed by atoms with Gasteiger partial charge in [-0.05, 0) is 30.5 Å². The van der Waals surface area contributed by atoms with E-state index >= 15 is 0 Å². The summed E-state index contributed by atoms with van der Waals surface area (Å²) in [5.74, 6) is 6.83. The smallest absolute Gasteiger partial charge is 0.0486 e. The molecule has 0 aliphatic rings. The van der Waals surface area contributed by atoms with Gasteiger partial charge < -0.3 is 0 Å². The number of hydrogen-bond acceptors (Lipinski definition) is 0. The van der Waals surface area contributed by atoms with Gasteiger partial charge in [0.15, 0.2) is 0 Å². The first-order chi connectivity index (χ1) is 8.27. The van der Waals surface area contributed by atoms with Crippen LogP contribution in [0.5, 0.6) is 0 Å². The van der Waals surface area contributed by atoms with Crippen molar-refractivity contribution >= 4 is 11.6 Å². The molecule has 1 atom stereocenters. The second-order valence-corrected chi connectivity index (χ2v) is 4.49. The average Bonchev–Trinajstić information content (AvgIpc) is 2.34. The Labute approximate surface area is 110 Å². The van der Waals surface area contributed by atoms with E-state index in [1.165, 1.54) is 18.4 Å². The molecule has 0 radical (unpaired) electrons. The van der Waals surface area contributed by atoms with Crippen LogP contribution in [0.3, 0.4) is 0 Å². The first kappa shape index (κ1) is 13.9. The molecule has 0 N–H and O–H groups in total. The summed E-state index contributed by atoms with van der Waals surface area (Å²) in [4.78, 5) is 0. The minimum Gasteiger partial charge on any atom is -0.103 e. The van der Waals surface area contributed by atoms with Crippen molar-refractivity contribution in [1.29, 1.82) is 0 Å². The molecule has 1 aromatic carbocycles. The standard InChI is InChI=1S/C16H19Cl/c1-3-5-6-7-9-14(8-4-2)15-10-12-16(17)13-11-15/h4,10-14H,2-3,5-6,8H2,1H3. The van der Waals surface area contributed by atoms with Gasteiger partial charge in [0, 0.05) is 17.4 Å². The molecule has 0 spiro atoms. The van der Waals surface area contributed by atoms with Gasteiger partial charge in [0.25, 0.3) is 0 Å². The molecule has 1 rings (SSSR count). The molecule has 0 aliphatic carbocycles. The van der Waals surface area contributed by atoms with Gasteiger partial charge in [-0.2, -0.15) is 0 Å². The maximum atomic E-state index is 5.88. The van der Waals surface area contributed by atoms with E-state index in [9.17, 15) is 0 Å². The van der Waals surface area contributed by atoms with Gasteiger partial charge >= 0.3 is 0 Å². The third-order valence-electron chi connectivity index (χ3n) is 2.61. The summed E-state index contributed by atoms with van der Waals surface area (Å²) in [5.41, 5.74) is 1.22. The van der Waals surface area contributed by atoms with Crippen molar-refractivity contribution in [2.75, 3.05) is 0 Å². The summed E-state index contributed by atoms with van der Waals surface area (Å²) < 4.78 is 0. The Morgan fingerprint density at radius 1 is 1.35 bits per heavy atom. The summed E-state index contributed by atoms with van der Waals surface area (Å²) in [6, 6.07) is 7.93. The summed E-state index contributed by atoms with van der Waals surface area (Å²) >= 11 is 5.88. The highest BCUT2D eigenvalue weighted by Crippen LogP contribution is 2.21. The summed E-state index contributed by atoms with van der Waals surface area (Å²) in [6.45, 7) is 5.98. The van der Waals surface area contributed by atoms with E-state index in [1.807, 2.05) is 30.3 Å². The van der Waals surface area contributed by atoms with Crippen molar-refractivity contribution in [2.45, 2.75) is 38.5 Å². The van der Waals surface area contributed by atoms with Crippen LogP contribution >= 0.6 is 11.6 Å². The Hall–Kier alpha value is -1.19. The summed E-state index contributed by atoms with van der Waals surface area (Å²) in [5, 5.41) is 0.769. The fourth-order valence-electron chi connectivity index (χ4n) is 1.60. The lowest BCUT2D eigenvalue weighted by molar-refractivity contribution is 0.823. The number of unbranched alkanes of at least 4 members (excludes halogenated alkanes) is 2. The van der Waals surface area contributed by atoms with E-state index < -0.39 is 0 Å². The van der Waals surface area contributed by atoms with E-state index in [0.717, 1.165) is 17.9 Å². The minimum absolute atomic E-state index is 0.252. The van der Waals surface area contributed by atoms with Gasteiger partial charge in [0.1, 0.15) is 0 Å². The maximum absolute atomic E-state index is 5.88. The molecule has 0 heterocycles. The van der Waals surface area contributed by atoms with Crippen LogP contribution in [0.2, 0.25) is 5.02 Å². The van der Waals surface area contributed by atoms with Crippen LogP contribution in [0.25, 0.3) is 0 Å². The van der Waals surface area contributed by atoms with Crippen molar-refractivity contribution in [3.05, 3.63) is 47.5 Å². The van der Waals surface area contributed by atoms with E-state index in [-0.39, 0.29) is 5.92 Å². The number of halogens is 1. The average molecular weight is 247 g/mol. The molecule has 90 valence electrons. The molecule has 0 aromatic heterocycles. The molecular formula is C16H19Cl. The maximum Gasteiger partial charge on any atom is 0.0486 e. The van der Waals surface area contributed by atoms with Crippen molar-refractivity contribution in [2.24, 2.45) is 0 Å². The van der Waals surface area contributed by atoms with Crippen LogP contribution in [-0.4, -0.2) is 0 Å². The molecule has 1 heteroatoms. The first-order valence-corrected chi connectivity index (χ1v) is 6.50.